The number of aryl methyl sites for hydroxylation is 1. The molecule has 1 unspecified atom stereocenters. The van der Waals surface area contributed by atoms with Gasteiger partial charge in [-0.2, -0.15) is 0 Å². The zero-order valence-corrected chi connectivity index (χ0v) is 15.7. The summed E-state index contributed by atoms with van der Waals surface area (Å²) in [6.45, 7) is 2.06. The Hall–Kier alpha value is -1.60. The number of hydrogen-bond acceptors (Lipinski definition) is 4. The number of nitrogens with zero attached hydrogens (tertiary/aromatic N) is 2. The van der Waals surface area contributed by atoms with Crippen molar-refractivity contribution >= 4 is 39.3 Å². The molecule has 1 aliphatic rings. The van der Waals surface area contributed by atoms with Gasteiger partial charge in [0.25, 0.3) is 5.56 Å². The standard InChI is InChI=1S/C17H18BrN3O2S/c1-2-3-13-8-16(23)21-14(10-24-17(21)20-13)9-15(22)19-12-6-4-11(18)5-7-12/h4-8,14H,2-3,9-10H2,1H3,(H,19,22). The summed E-state index contributed by atoms with van der Waals surface area (Å²) in [6.07, 6.45) is 2.03. The molecule has 0 spiro atoms. The number of nitrogens with one attached hydrogen (secondary N) is 1. The normalized spacial score (nSPS) is 16.0. The predicted molar refractivity (Wildman–Crippen MR) is 99.6 cm³/mol. The van der Waals surface area contributed by atoms with E-state index in [4.69, 9.17) is 0 Å². The highest BCUT2D eigenvalue weighted by atomic mass is 79.9. The highest BCUT2D eigenvalue weighted by molar-refractivity contribution is 9.10. The molecule has 0 fully saturated rings. The van der Waals surface area contributed by atoms with Gasteiger partial charge in [0.15, 0.2) is 5.16 Å². The Balaban J connectivity index is 1.71. The van der Waals surface area contributed by atoms with Crippen molar-refractivity contribution in [2.45, 2.75) is 37.4 Å². The Labute approximate surface area is 153 Å². The molecule has 1 aliphatic heterocycles. The molecule has 24 heavy (non-hydrogen) atoms. The fourth-order valence-corrected chi connectivity index (χ4v) is 4.12. The lowest BCUT2D eigenvalue weighted by Crippen LogP contribution is -2.27. The van der Waals surface area contributed by atoms with E-state index in [-0.39, 0.29) is 23.9 Å². The van der Waals surface area contributed by atoms with E-state index in [0.717, 1.165) is 33.9 Å². The van der Waals surface area contributed by atoms with Crippen molar-refractivity contribution in [2.24, 2.45) is 0 Å². The molecule has 0 aliphatic carbocycles. The largest absolute Gasteiger partial charge is 0.326 e. The summed E-state index contributed by atoms with van der Waals surface area (Å²) in [5.74, 6) is 0.603. The minimum atomic E-state index is -0.142. The van der Waals surface area contributed by atoms with E-state index in [2.05, 4.69) is 33.2 Å². The van der Waals surface area contributed by atoms with E-state index in [0.29, 0.717) is 5.75 Å². The van der Waals surface area contributed by atoms with E-state index >= 15 is 0 Å². The van der Waals surface area contributed by atoms with Crippen LogP contribution in [0.4, 0.5) is 5.69 Å². The van der Waals surface area contributed by atoms with Crippen LogP contribution in [-0.4, -0.2) is 21.2 Å². The fourth-order valence-electron chi connectivity index (χ4n) is 2.69. The number of fused-ring (bicyclic) bond motifs is 1. The molecule has 7 heteroatoms. The number of aromatic nitrogens is 2. The molecule has 1 N–H and O–H groups in total. The molecule has 0 saturated carbocycles. The molecule has 0 radical (unpaired) electrons. The number of benzene rings is 1. The van der Waals surface area contributed by atoms with Gasteiger partial charge in [-0.05, 0) is 30.7 Å². The second-order valence-corrected chi connectivity index (χ2v) is 7.62. The maximum atomic E-state index is 12.4. The molecule has 126 valence electrons. The van der Waals surface area contributed by atoms with Gasteiger partial charge < -0.3 is 5.32 Å². The average Bonchev–Trinajstić information content (AvgIpc) is 2.93. The van der Waals surface area contributed by atoms with Crippen LogP contribution in [0.3, 0.4) is 0 Å². The van der Waals surface area contributed by atoms with E-state index in [1.54, 1.807) is 22.4 Å². The van der Waals surface area contributed by atoms with Crippen molar-refractivity contribution in [3.05, 3.63) is 50.9 Å². The van der Waals surface area contributed by atoms with Crippen LogP contribution < -0.4 is 10.9 Å². The van der Waals surface area contributed by atoms with Crippen LogP contribution in [0.2, 0.25) is 0 Å². The first-order valence-electron chi connectivity index (χ1n) is 7.87. The topological polar surface area (TPSA) is 64.0 Å². The number of amides is 1. The third-order valence-electron chi connectivity index (χ3n) is 3.80. The molecule has 0 saturated heterocycles. The number of rotatable bonds is 5. The summed E-state index contributed by atoms with van der Waals surface area (Å²) >= 11 is 4.91. The summed E-state index contributed by atoms with van der Waals surface area (Å²) < 4.78 is 2.62. The average molecular weight is 408 g/mol. The minimum absolute atomic E-state index is 0.0603. The van der Waals surface area contributed by atoms with Crippen LogP contribution in [0.1, 0.15) is 31.5 Å². The number of carbonyl (C=O) groups is 1. The maximum Gasteiger partial charge on any atom is 0.254 e. The van der Waals surface area contributed by atoms with E-state index < -0.39 is 0 Å². The van der Waals surface area contributed by atoms with Gasteiger partial charge >= 0.3 is 0 Å². The molecule has 3 rings (SSSR count). The minimum Gasteiger partial charge on any atom is -0.326 e. The first-order chi connectivity index (χ1) is 11.6. The smallest absolute Gasteiger partial charge is 0.254 e. The molecule has 5 nitrogen and oxygen atoms in total. The van der Waals surface area contributed by atoms with Gasteiger partial charge in [0.05, 0.1) is 6.04 Å². The van der Waals surface area contributed by atoms with Gasteiger partial charge in [-0.1, -0.05) is 41.0 Å². The molecule has 1 amide bonds. The van der Waals surface area contributed by atoms with Crippen LogP contribution in [0.25, 0.3) is 0 Å². The lowest BCUT2D eigenvalue weighted by molar-refractivity contribution is -0.116. The van der Waals surface area contributed by atoms with E-state index in [1.807, 2.05) is 24.3 Å². The predicted octanol–water partition coefficient (Wildman–Crippen LogP) is 3.63. The number of anilines is 1. The summed E-state index contributed by atoms with van der Waals surface area (Å²) in [6, 6.07) is 8.88. The second kappa shape index (κ2) is 7.53. The second-order valence-electron chi connectivity index (χ2n) is 5.71. The third kappa shape index (κ3) is 3.89. The molecule has 2 aromatic rings. The van der Waals surface area contributed by atoms with E-state index in [9.17, 15) is 9.59 Å². The Morgan fingerprint density at radius 1 is 1.42 bits per heavy atom. The van der Waals surface area contributed by atoms with Crippen LogP contribution in [0, 0.1) is 0 Å². The Morgan fingerprint density at radius 3 is 2.88 bits per heavy atom. The highest BCUT2D eigenvalue weighted by Gasteiger charge is 2.27. The molecule has 0 bridgehead atoms. The Morgan fingerprint density at radius 2 is 2.17 bits per heavy atom. The number of halogens is 1. The van der Waals surface area contributed by atoms with Crippen molar-refractivity contribution in [1.29, 1.82) is 0 Å². The zero-order valence-electron chi connectivity index (χ0n) is 13.3. The number of carbonyl (C=O) groups excluding carboxylic acids is 1. The molecule has 1 atom stereocenters. The number of hydrogen-bond donors (Lipinski definition) is 1. The lowest BCUT2D eigenvalue weighted by atomic mass is 10.2. The third-order valence-corrected chi connectivity index (χ3v) is 5.42. The Kier molecular flexibility index (Phi) is 5.40. The van der Waals surface area contributed by atoms with Gasteiger partial charge in [-0.25, -0.2) is 4.98 Å². The van der Waals surface area contributed by atoms with Crippen LogP contribution in [0.15, 0.2) is 44.8 Å². The SMILES string of the molecule is CCCc1cc(=O)n2c(n1)SCC2CC(=O)Nc1ccc(Br)cc1. The highest BCUT2D eigenvalue weighted by Crippen LogP contribution is 2.32. The molecule has 1 aromatic carbocycles. The molecule has 1 aromatic heterocycles. The lowest BCUT2D eigenvalue weighted by Gasteiger charge is -2.13. The fraction of sp³-hybridized carbons (Fsp3) is 0.353. The summed E-state index contributed by atoms with van der Waals surface area (Å²) in [5, 5.41) is 3.60. The van der Waals surface area contributed by atoms with Crippen molar-refractivity contribution in [3.8, 4) is 0 Å². The van der Waals surface area contributed by atoms with Gasteiger partial charge in [0.2, 0.25) is 5.91 Å². The summed E-state index contributed by atoms with van der Waals surface area (Å²) in [5.41, 5.74) is 1.52. The monoisotopic (exact) mass is 407 g/mol. The first kappa shape index (κ1) is 17.2. The first-order valence-corrected chi connectivity index (χ1v) is 9.65. The van der Waals surface area contributed by atoms with Gasteiger partial charge in [-0.15, -0.1) is 0 Å². The Bertz CT molecular complexity index is 804. The van der Waals surface area contributed by atoms with E-state index in [1.165, 1.54) is 0 Å². The van der Waals surface area contributed by atoms with Crippen LogP contribution in [0.5, 0.6) is 0 Å². The van der Waals surface area contributed by atoms with Crippen molar-refractivity contribution < 1.29 is 4.79 Å². The zero-order chi connectivity index (χ0) is 17.1. The van der Waals surface area contributed by atoms with Gasteiger partial charge in [0, 0.05) is 34.1 Å². The summed E-state index contributed by atoms with van der Waals surface area (Å²) in [4.78, 5) is 29.2. The molecule has 2 heterocycles. The van der Waals surface area contributed by atoms with Crippen molar-refractivity contribution in [3.63, 3.8) is 0 Å². The van der Waals surface area contributed by atoms with Crippen LogP contribution in [-0.2, 0) is 11.2 Å². The molecular weight excluding hydrogens is 390 g/mol. The quantitative estimate of drug-likeness (QED) is 0.768. The number of thioether (sulfide) groups is 1. The maximum absolute atomic E-state index is 12.4. The molecular formula is C17H18BrN3O2S. The van der Waals surface area contributed by atoms with Crippen molar-refractivity contribution in [1.82, 2.24) is 9.55 Å². The van der Waals surface area contributed by atoms with Crippen molar-refractivity contribution in [2.75, 3.05) is 11.1 Å². The van der Waals surface area contributed by atoms with Crippen LogP contribution >= 0.6 is 27.7 Å². The summed E-state index contributed by atoms with van der Waals surface area (Å²) in [7, 11) is 0. The van der Waals surface area contributed by atoms with Gasteiger partial charge in [0.1, 0.15) is 0 Å². The van der Waals surface area contributed by atoms with Gasteiger partial charge in [-0.3, -0.25) is 14.2 Å².